The van der Waals surface area contributed by atoms with E-state index in [1.54, 1.807) is 0 Å². The summed E-state index contributed by atoms with van der Waals surface area (Å²) in [6.45, 7) is 2.61. The lowest BCUT2D eigenvalue weighted by Crippen LogP contribution is -2.34. The third-order valence-electron chi connectivity index (χ3n) is 4.63. The van der Waals surface area contributed by atoms with Crippen molar-refractivity contribution in [3.05, 3.63) is 41.5 Å². The number of nitrogens with zero attached hydrogens (tertiary/aromatic N) is 1. The van der Waals surface area contributed by atoms with E-state index in [0.29, 0.717) is 6.61 Å². The largest absolute Gasteiger partial charge is 0.463 e. The minimum atomic E-state index is -0.236. The van der Waals surface area contributed by atoms with Crippen molar-refractivity contribution in [3.63, 3.8) is 0 Å². The maximum atomic E-state index is 9.74. The quantitative estimate of drug-likeness (QED) is 0.832. The fraction of sp³-hybridized carbons (Fsp3) is 0.500. The summed E-state index contributed by atoms with van der Waals surface area (Å²) in [5.41, 5.74) is 1.75. The molecule has 1 fully saturated rings. The Labute approximate surface area is 126 Å². The number of nitriles is 1. The summed E-state index contributed by atoms with van der Waals surface area (Å²) in [4.78, 5) is 0. The van der Waals surface area contributed by atoms with E-state index in [2.05, 4.69) is 6.07 Å². The van der Waals surface area contributed by atoms with Gasteiger partial charge >= 0.3 is 0 Å². The molecule has 21 heavy (non-hydrogen) atoms. The maximum Gasteiger partial charge on any atom is 0.200 e. The van der Waals surface area contributed by atoms with E-state index in [-0.39, 0.29) is 11.7 Å². The van der Waals surface area contributed by atoms with E-state index in [1.807, 2.05) is 37.3 Å². The maximum absolute atomic E-state index is 9.74. The number of rotatable bonds is 3. The zero-order chi connectivity index (χ0) is 14.7. The smallest absolute Gasteiger partial charge is 0.200 e. The molecule has 1 aliphatic carbocycles. The monoisotopic (exact) mass is 283 g/mol. The van der Waals surface area contributed by atoms with Gasteiger partial charge in [0.25, 0.3) is 0 Å². The molecule has 3 rings (SSSR count). The summed E-state index contributed by atoms with van der Waals surface area (Å²) in [5, 5.41) is 9.74. The van der Waals surface area contributed by atoms with Crippen molar-refractivity contribution >= 4 is 5.76 Å². The summed E-state index contributed by atoms with van der Waals surface area (Å²) in [6.07, 6.45) is 5.08. The third-order valence-corrected chi connectivity index (χ3v) is 4.63. The number of benzene rings is 1. The lowest BCUT2D eigenvalue weighted by molar-refractivity contribution is -0.122. The van der Waals surface area contributed by atoms with Crippen molar-refractivity contribution in [2.45, 2.75) is 45.3 Å². The van der Waals surface area contributed by atoms with Gasteiger partial charge in [-0.1, -0.05) is 43.2 Å². The Bertz CT molecular complexity index is 565. The molecule has 0 aromatic heterocycles. The van der Waals surface area contributed by atoms with Crippen molar-refractivity contribution in [2.75, 3.05) is 6.61 Å². The van der Waals surface area contributed by atoms with E-state index in [1.165, 1.54) is 12.8 Å². The van der Waals surface area contributed by atoms with E-state index in [0.717, 1.165) is 36.2 Å². The summed E-state index contributed by atoms with van der Waals surface area (Å²) >= 11 is 0. The molecule has 0 saturated heterocycles. The van der Waals surface area contributed by atoms with Crippen molar-refractivity contribution in [3.8, 4) is 6.07 Å². The highest BCUT2D eigenvalue weighted by molar-refractivity contribution is 5.69. The number of ether oxygens (including phenoxy) is 2. The number of allylic oxidation sites excluding steroid dienone is 1. The second-order valence-corrected chi connectivity index (χ2v) is 5.88. The Kier molecular flexibility index (Phi) is 3.98. The second-order valence-electron chi connectivity index (χ2n) is 5.88. The van der Waals surface area contributed by atoms with Crippen molar-refractivity contribution in [1.82, 2.24) is 0 Å². The molecule has 0 bridgehead atoms. The van der Waals surface area contributed by atoms with Gasteiger partial charge in [-0.05, 0) is 19.8 Å². The molecule has 1 saturated carbocycles. The molecule has 1 aliphatic heterocycles. The molecule has 1 heterocycles. The highest BCUT2D eigenvalue weighted by atomic mass is 16.7. The molecule has 3 heteroatoms. The first-order valence-electron chi connectivity index (χ1n) is 7.77. The Morgan fingerprint density at radius 1 is 1.29 bits per heavy atom. The number of hydrogen-bond donors (Lipinski definition) is 0. The summed E-state index contributed by atoms with van der Waals surface area (Å²) in [6, 6.07) is 12.4. The fourth-order valence-electron chi connectivity index (χ4n) is 3.65. The first-order valence-corrected chi connectivity index (χ1v) is 7.77. The van der Waals surface area contributed by atoms with Gasteiger partial charge in [0.2, 0.25) is 6.29 Å². The van der Waals surface area contributed by atoms with Crippen molar-refractivity contribution in [2.24, 2.45) is 5.41 Å². The van der Waals surface area contributed by atoms with Crippen LogP contribution in [0.25, 0.3) is 5.76 Å². The molecule has 1 aromatic carbocycles. The Balaban J connectivity index is 2.07. The first kappa shape index (κ1) is 14.2. The topological polar surface area (TPSA) is 42.2 Å². The summed E-state index contributed by atoms with van der Waals surface area (Å²) in [7, 11) is 0. The van der Waals surface area contributed by atoms with Gasteiger partial charge in [0.15, 0.2) is 0 Å². The van der Waals surface area contributed by atoms with Crippen LogP contribution in [-0.4, -0.2) is 12.9 Å². The van der Waals surface area contributed by atoms with Gasteiger partial charge in [-0.2, -0.15) is 5.26 Å². The molecule has 3 nitrogen and oxygen atoms in total. The lowest BCUT2D eigenvalue weighted by atomic mass is 9.73. The van der Waals surface area contributed by atoms with E-state index in [9.17, 15) is 5.26 Å². The Morgan fingerprint density at radius 3 is 2.62 bits per heavy atom. The van der Waals surface area contributed by atoms with Crippen LogP contribution in [0.5, 0.6) is 0 Å². The van der Waals surface area contributed by atoms with Crippen LogP contribution in [0.2, 0.25) is 0 Å². The van der Waals surface area contributed by atoms with Crippen molar-refractivity contribution in [1.29, 1.82) is 5.26 Å². The van der Waals surface area contributed by atoms with Crippen LogP contribution in [0, 0.1) is 16.7 Å². The molecule has 1 unspecified atom stereocenters. The normalized spacial score (nSPS) is 23.9. The lowest BCUT2D eigenvalue weighted by Gasteiger charge is -2.39. The highest BCUT2D eigenvalue weighted by Gasteiger charge is 2.46. The van der Waals surface area contributed by atoms with Gasteiger partial charge in [-0.15, -0.1) is 0 Å². The molecule has 1 aromatic rings. The van der Waals surface area contributed by atoms with Crippen LogP contribution in [0.15, 0.2) is 35.9 Å². The van der Waals surface area contributed by atoms with Crippen LogP contribution < -0.4 is 0 Å². The van der Waals surface area contributed by atoms with Gasteiger partial charge in [0.05, 0.1) is 11.6 Å². The van der Waals surface area contributed by atoms with Gasteiger partial charge in [0, 0.05) is 24.0 Å². The van der Waals surface area contributed by atoms with Crippen LogP contribution in [0.3, 0.4) is 0 Å². The van der Waals surface area contributed by atoms with Gasteiger partial charge in [-0.3, -0.25) is 0 Å². The first-order chi connectivity index (χ1) is 10.3. The fourth-order valence-corrected chi connectivity index (χ4v) is 3.65. The summed E-state index contributed by atoms with van der Waals surface area (Å²) in [5.74, 6) is 0.727. The standard InChI is InChI=1S/C18H21NO2/c1-2-20-16-12-18(10-6-7-11-18)15(13-19)17(21-16)14-8-4-3-5-9-14/h3-5,8-9,16H,2,6-7,10-12H2,1H3. The minimum absolute atomic E-state index is 0.0436. The van der Waals surface area contributed by atoms with Crippen LogP contribution in [-0.2, 0) is 9.47 Å². The average molecular weight is 283 g/mol. The van der Waals surface area contributed by atoms with Crippen LogP contribution in [0.1, 0.15) is 44.6 Å². The van der Waals surface area contributed by atoms with Crippen molar-refractivity contribution < 1.29 is 9.47 Å². The predicted molar refractivity (Wildman–Crippen MR) is 81.0 cm³/mol. The highest BCUT2D eigenvalue weighted by Crippen LogP contribution is 2.53. The predicted octanol–water partition coefficient (Wildman–Crippen LogP) is 4.26. The molecular weight excluding hydrogens is 262 g/mol. The average Bonchev–Trinajstić information content (AvgIpc) is 2.97. The molecule has 0 amide bonds. The second kappa shape index (κ2) is 5.91. The van der Waals surface area contributed by atoms with Crippen LogP contribution >= 0.6 is 0 Å². The molecule has 0 N–H and O–H groups in total. The van der Waals surface area contributed by atoms with Gasteiger partial charge in [-0.25, -0.2) is 0 Å². The zero-order valence-electron chi connectivity index (χ0n) is 12.5. The SMILES string of the molecule is CCOC1CC2(CCCC2)C(C#N)=C(c2ccccc2)O1. The molecule has 1 spiro atoms. The Morgan fingerprint density at radius 2 is 2.00 bits per heavy atom. The third kappa shape index (κ3) is 2.56. The minimum Gasteiger partial charge on any atom is -0.463 e. The summed E-state index contributed by atoms with van der Waals surface area (Å²) < 4.78 is 11.8. The molecule has 2 aliphatic rings. The van der Waals surface area contributed by atoms with Gasteiger partial charge < -0.3 is 9.47 Å². The molecule has 0 radical (unpaired) electrons. The molecular formula is C18H21NO2. The van der Waals surface area contributed by atoms with E-state index < -0.39 is 0 Å². The van der Waals surface area contributed by atoms with Gasteiger partial charge in [0.1, 0.15) is 5.76 Å². The van der Waals surface area contributed by atoms with E-state index in [4.69, 9.17) is 9.47 Å². The van der Waals surface area contributed by atoms with Crippen LogP contribution in [0.4, 0.5) is 0 Å². The molecule has 110 valence electrons. The van der Waals surface area contributed by atoms with E-state index >= 15 is 0 Å². The number of hydrogen-bond acceptors (Lipinski definition) is 3. The zero-order valence-corrected chi connectivity index (χ0v) is 12.5. The molecule has 1 atom stereocenters. The Hall–Kier alpha value is -1.79.